The molecule has 0 saturated carbocycles. The van der Waals surface area contributed by atoms with E-state index in [9.17, 15) is 0 Å². The van der Waals surface area contributed by atoms with E-state index in [1.54, 1.807) is 12.3 Å². The van der Waals surface area contributed by atoms with Gasteiger partial charge in [0.1, 0.15) is 0 Å². The first-order valence-corrected chi connectivity index (χ1v) is 9.31. The lowest BCUT2D eigenvalue weighted by atomic mass is 10.2. The van der Waals surface area contributed by atoms with Crippen LogP contribution >= 0.6 is 11.6 Å². The maximum Gasteiger partial charge on any atom is 0.231 e. The van der Waals surface area contributed by atoms with Crippen LogP contribution in [0.5, 0.6) is 11.5 Å². The second kappa shape index (κ2) is 7.56. The van der Waals surface area contributed by atoms with Gasteiger partial charge < -0.3 is 19.3 Å². The van der Waals surface area contributed by atoms with E-state index in [4.69, 9.17) is 21.1 Å². The molecule has 0 bridgehead atoms. The van der Waals surface area contributed by atoms with Crippen molar-refractivity contribution in [2.24, 2.45) is 4.99 Å². The van der Waals surface area contributed by atoms with E-state index >= 15 is 0 Å². The highest BCUT2D eigenvalue weighted by atomic mass is 35.5. The SMILES string of the molecule is CCN1CCN(c2ccc(N=Cc3cc4c(cc3Cl)OCO4)cc2)CC1. The summed E-state index contributed by atoms with van der Waals surface area (Å²) in [5, 5.41) is 0.600. The molecule has 0 aliphatic carbocycles. The van der Waals surface area contributed by atoms with Gasteiger partial charge in [-0.1, -0.05) is 18.5 Å². The van der Waals surface area contributed by atoms with Crippen LogP contribution in [0, 0.1) is 0 Å². The van der Waals surface area contributed by atoms with Gasteiger partial charge in [-0.15, -0.1) is 0 Å². The topological polar surface area (TPSA) is 37.3 Å². The predicted octanol–water partition coefficient (Wildman–Crippen LogP) is 3.96. The zero-order chi connectivity index (χ0) is 17.9. The van der Waals surface area contributed by atoms with E-state index in [-0.39, 0.29) is 6.79 Å². The van der Waals surface area contributed by atoms with Crippen LogP contribution in [0.25, 0.3) is 0 Å². The summed E-state index contributed by atoms with van der Waals surface area (Å²) in [7, 11) is 0. The Kier molecular flexibility index (Phi) is 5.00. The molecular weight excluding hydrogens is 350 g/mol. The van der Waals surface area contributed by atoms with Crippen molar-refractivity contribution < 1.29 is 9.47 Å². The number of fused-ring (bicyclic) bond motifs is 1. The first-order valence-electron chi connectivity index (χ1n) is 8.93. The maximum atomic E-state index is 6.29. The number of likely N-dealkylation sites (N-methyl/N-ethyl adjacent to an activating group) is 1. The number of nitrogens with zero attached hydrogens (tertiary/aromatic N) is 3. The molecule has 0 aromatic heterocycles. The Bertz CT molecular complexity index is 799. The summed E-state index contributed by atoms with van der Waals surface area (Å²) in [5.74, 6) is 1.39. The molecule has 5 nitrogen and oxygen atoms in total. The Hall–Kier alpha value is -2.24. The molecule has 26 heavy (non-hydrogen) atoms. The van der Waals surface area contributed by atoms with Crippen LogP contribution in [0.2, 0.25) is 5.02 Å². The highest BCUT2D eigenvalue weighted by molar-refractivity contribution is 6.33. The molecule has 136 valence electrons. The van der Waals surface area contributed by atoms with Gasteiger partial charge in [0.05, 0.1) is 10.7 Å². The molecular formula is C20H22ClN3O2. The van der Waals surface area contributed by atoms with E-state index in [1.165, 1.54) is 5.69 Å². The third-order valence-electron chi connectivity index (χ3n) is 4.88. The normalized spacial score (nSPS) is 17.2. The van der Waals surface area contributed by atoms with Crippen molar-refractivity contribution in [3.8, 4) is 11.5 Å². The minimum absolute atomic E-state index is 0.236. The van der Waals surface area contributed by atoms with Crippen LogP contribution in [0.15, 0.2) is 41.4 Å². The molecule has 2 aliphatic rings. The monoisotopic (exact) mass is 371 g/mol. The molecule has 0 atom stereocenters. The largest absolute Gasteiger partial charge is 0.454 e. The molecule has 0 N–H and O–H groups in total. The van der Waals surface area contributed by atoms with Crippen LogP contribution in [0.3, 0.4) is 0 Å². The molecule has 0 amide bonds. The zero-order valence-corrected chi connectivity index (χ0v) is 15.6. The highest BCUT2D eigenvalue weighted by Crippen LogP contribution is 2.36. The number of aliphatic imine (C=N–C) groups is 1. The van der Waals surface area contributed by atoms with Crippen LogP contribution in [0.4, 0.5) is 11.4 Å². The minimum atomic E-state index is 0.236. The van der Waals surface area contributed by atoms with E-state index in [0.717, 1.165) is 44.0 Å². The van der Waals surface area contributed by atoms with Crippen LogP contribution in [-0.2, 0) is 0 Å². The number of hydrogen-bond donors (Lipinski definition) is 0. The van der Waals surface area contributed by atoms with E-state index in [0.29, 0.717) is 16.5 Å². The predicted molar refractivity (Wildman–Crippen MR) is 106 cm³/mol. The Balaban J connectivity index is 1.44. The molecule has 6 heteroatoms. The van der Waals surface area contributed by atoms with E-state index in [1.807, 2.05) is 18.2 Å². The van der Waals surface area contributed by atoms with Gasteiger partial charge in [-0.2, -0.15) is 0 Å². The zero-order valence-electron chi connectivity index (χ0n) is 14.8. The molecule has 2 aliphatic heterocycles. The molecule has 2 aromatic rings. The first kappa shape index (κ1) is 17.2. The van der Waals surface area contributed by atoms with Gasteiger partial charge in [-0.25, -0.2) is 0 Å². The molecule has 1 fully saturated rings. The van der Waals surface area contributed by atoms with Gasteiger partial charge >= 0.3 is 0 Å². The maximum absolute atomic E-state index is 6.29. The average Bonchev–Trinajstić information content (AvgIpc) is 3.14. The standard InChI is InChI=1S/C20H22ClN3O2/c1-2-23-7-9-24(10-8-23)17-5-3-16(4-6-17)22-13-15-11-19-20(12-18(15)21)26-14-25-19/h3-6,11-13H,2,7-10,14H2,1H3. The summed E-state index contributed by atoms with van der Waals surface area (Å²) in [5.41, 5.74) is 2.96. The fourth-order valence-corrected chi connectivity index (χ4v) is 3.45. The van der Waals surface area contributed by atoms with Crippen molar-refractivity contribution in [3.63, 3.8) is 0 Å². The lowest BCUT2D eigenvalue weighted by Gasteiger charge is -2.35. The Labute approximate surface area is 158 Å². The minimum Gasteiger partial charge on any atom is -0.454 e. The summed E-state index contributed by atoms with van der Waals surface area (Å²) in [6.07, 6.45) is 1.76. The van der Waals surface area contributed by atoms with Gasteiger partial charge in [0.15, 0.2) is 11.5 Å². The molecule has 4 rings (SSSR count). The average molecular weight is 372 g/mol. The van der Waals surface area contributed by atoms with Crippen LogP contribution in [-0.4, -0.2) is 50.6 Å². The van der Waals surface area contributed by atoms with Crippen molar-refractivity contribution in [1.29, 1.82) is 0 Å². The third kappa shape index (κ3) is 3.64. The quantitative estimate of drug-likeness (QED) is 0.762. The summed E-state index contributed by atoms with van der Waals surface area (Å²) in [6.45, 7) is 7.98. The van der Waals surface area contributed by atoms with Crippen molar-refractivity contribution in [2.75, 3.05) is 44.4 Å². The molecule has 0 spiro atoms. The second-order valence-corrected chi connectivity index (χ2v) is 6.83. The summed E-state index contributed by atoms with van der Waals surface area (Å²) in [6, 6.07) is 12.0. The Morgan fingerprint density at radius 2 is 1.73 bits per heavy atom. The van der Waals surface area contributed by atoms with Crippen molar-refractivity contribution in [2.45, 2.75) is 6.92 Å². The van der Waals surface area contributed by atoms with Crippen molar-refractivity contribution >= 4 is 29.2 Å². The van der Waals surface area contributed by atoms with Crippen LogP contribution < -0.4 is 14.4 Å². The van der Waals surface area contributed by atoms with E-state index < -0.39 is 0 Å². The Morgan fingerprint density at radius 3 is 2.42 bits per heavy atom. The van der Waals surface area contributed by atoms with Crippen molar-refractivity contribution in [3.05, 3.63) is 47.0 Å². The Morgan fingerprint density at radius 1 is 1.04 bits per heavy atom. The number of anilines is 1. The number of rotatable bonds is 4. The second-order valence-electron chi connectivity index (χ2n) is 6.42. The van der Waals surface area contributed by atoms with Gasteiger partial charge in [-0.05, 0) is 36.9 Å². The first-order chi connectivity index (χ1) is 12.7. The number of benzene rings is 2. The third-order valence-corrected chi connectivity index (χ3v) is 5.21. The fourth-order valence-electron chi connectivity index (χ4n) is 3.25. The number of halogens is 1. The lowest BCUT2D eigenvalue weighted by molar-refractivity contribution is 0.174. The molecule has 0 radical (unpaired) electrons. The lowest BCUT2D eigenvalue weighted by Crippen LogP contribution is -2.46. The van der Waals surface area contributed by atoms with E-state index in [2.05, 4.69) is 33.8 Å². The van der Waals surface area contributed by atoms with Gasteiger partial charge in [0, 0.05) is 49.7 Å². The summed E-state index contributed by atoms with van der Waals surface area (Å²) < 4.78 is 10.7. The number of piperazine rings is 1. The fraction of sp³-hybridized carbons (Fsp3) is 0.350. The number of ether oxygens (including phenoxy) is 2. The molecule has 2 heterocycles. The van der Waals surface area contributed by atoms with Crippen LogP contribution in [0.1, 0.15) is 12.5 Å². The summed E-state index contributed by atoms with van der Waals surface area (Å²) >= 11 is 6.29. The number of hydrogen-bond acceptors (Lipinski definition) is 5. The molecule has 1 saturated heterocycles. The summed E-state index contributed by atoms with van der Waals surface area (Å²) in [4.78, 5) is 9.44. The molecule has 2 aromatic carbocycles. The van der Waals surface area contributed by atoms with Gasteiger partial charge in [-0.3, -0.25) is 4.99 Å². The van der Waals surface area contributed by atoms with Gasteiger partial charge in [0.2, 0.25) is 6.79 Å². The van der Waals surface area contributed by atoms with Crippen molar-refractivity contribution in [1.82, 2.24) is 4.90 Å². The molecule has 0 unspecified atom stereocenters. The smallest absolute Gasteiger partial charge is 0.231 e. The van der Waals surface area contributed by atoms with Gasteiger partial charge in [0.25, 0.3) is 0 Å². The highest BCUT2D eigenvalue weighted by Gasteiger charge is 2.16.